The van der Waals surface area contributed by atoms with Gasteiger partial charge in [-0.1, -0.05) is 24.3 Å². The summed E-state index contributed by atoms with van der Waals surface area (Å²) in [7, 11) is 0. The first-order chi connectivity index (χ1) is 26.8. The zero-order chi connectivity index (χ0) is 37.6. The first-order valence-corrected chi connectivity index (χ1v) is 20.2. The minimum Gasteiger partial charge on any atom is -0.508 e. The number of benzene rings is 4. The number of piperazine rings is 1. The summed E-state index contributed by atoms with van der Waals surface area (Å²) in [6.07, 6.45) is 4.24. The van der Waals surface area contributed by atoms with Crippen molar-refractivity contribution in [2.45, 2.75) is 57.0 Å². The normalized spacial score (nSPS) is 23.4. The van der Waals surface area contributed by atoms with Gasteiger partial charge in [0, 0.05) is 99.7 Å². The number of halogens is 2. The van der Waals surface area contributed by atoms with Gasteiger partial charge in [0.15, 0.2) is 0 Å². The molecule has 4 aromatic carbocycles. The highest BCUT2D eigenvalue weighted by molar-refractivity contribution is 5.99. The lowest BCUT2D eigenvalue weighted by atomic mass is 9.75. The van der Waals surface area contributed by atoms with Gasteiger partial charge >= 0.3 is 0 Å². The average Bonchev–Trinajstić information content (AvgIpc) is 3.54. The molecule has 1 amide bonds. The van der Waals surface area contributed by atoms with Gasteiger partial charge in [-0.15, -0.1) is 0 Å². The first kappa shape index (κ1) is 36.0. The summed E-state index contributed by atoms with van der Waals surface area (Å²) < 4.78 is 36.4. The SMILES string of the molecule is Cc1cc([C@@H]2COc3cc(O)ccc3[C@@H]2c2ccc(N3CCC(CN4CCN(c5ccc6c(c5)CN([C@H]5CCCNC5)C6=O)CC4)CC3)c(F)c2)ccc1F. The van der Waals surface area contributed by atoms with E-state index in [2.05, 4.69) is 37.0 Å². The average molecular weight is 748 g/mol. The van der Waals surface area contributed by atoms with E-state index in [4.69, 9.17) is 4.74 Å². The fourth-order valence-electron chi connectivity index (χ4n) is 9.80. The lowest BCUT2D eigenvalue weighted by molar-refractivity contribution is 0.0674. The summed E-state index contributed by atoms with van der Waals surface area (Å²) in [5.74, 6) is 0.617. The summed E-state index contributed by atoms with van der Waals surface area (Å²) >= 11 is 0. The Morgan fingerprint density at radius 2 is 1.65 bits per heavy atom. The summed E-state index contributed by atoms with van der Waals surface area (Å²) in [6, 6.07) is 22.6. The van der Waals surface area contributed by atoms with Gasteiger partial charge in [0.05, 0.1) is 12.3 Å². The van der Waals surface area contributed by atoms with Gasteiger partial charge in [-0.25, -0.2) is 8.78 Å². The van der Waals surface area contributed by atoms with E-state index < -0.39 is 0 Å². The molecule has 8 nitrogen and oxygen atoms in total. The number of amides is 1. The van der Waals surface area contributed by atoms with Crippen LogP contribution in [0.15, 0.2) is 72.8 Å². The molecule has 55 heavy (non-hydrogen) atoms. The fraction of sp³-hybridized carbons (Fsp3) is 0.444. The van der Waals surface area contributed by atoms with E-state index >= 15 is 4.39 Å². The van der Waals surface area contributed by atoms with Crippen LogP contribution in [-0.2, 0) is 6.54 Å². The maximum atomic E-state index is 16.1. The van der Waals surface area contributed by atoms with E-state index in [0.717, 1.165) is 119 Å². The van der Waals surface area contributed by atoms with Gasteiger partial charge < -0.3 is 29.9 Å². The van der Waals surface area contributed by atoms with Crippen molar-refractivity contribution in [2.24, 2.45) is 5.92 Å². The number of aryl methyl sites for hydroxylation is 1. The zero-order valence-electron chi connectivity index (χ0n) is 31.7. The predicted molar refractivity (Wildman–Crippen MR) is 212 cm³/mol. The number of nitrogens with zero attached hydrogens (tertiary/aromatic N) is 4. The molecule has 3 fully saturated rings. The molecule has 9 rings (SSSR count). The van der Waals surface area contributed by atoms with Gasteiger partial charge in [-0.2, -0.15) is 0 Å². The van der Waals surface area contributed by atoms with Crippen LogP contribution in [0.25, 0.3) is 0 Å². The molecule has 0 saturated carbocycles. The quantitative estimate of drug-likeness (QED) is 0.211. The second-order valence-corrected chi connectivity index (χ2v) is 16.3. The second-order valence-electron chi connectivity index (χ2n) is 16.3. The summed E-state index contributed by atoms with van der Waals surface area (Å²) in [5.41, 5.74) is 7.11. The second kappa shape index (κ2) is 15.1. The van der Waals surface area contributed by atoms with Crippen LogP contribution in [-0.4, -0.2) is 92.4 Å². The molecule has 4 aromatic rings. The number of anilines is 2. The molecule has 0 spiro atoms. The smallest absolute Gasteiger partial charge is 0.254 e. The van der Waals surface area contributed by atoms with Crippen molar-refractivity contribution in [1.29, 1.82) is 0 Å². The van der Waals surface area contributed by atoms with Crippen molar-refractivity contribution < 1.29 is 23.4 Å². The number of nitrogens with one attached hydrogen (secondary N) is 1. The Hall–Kier alpha value is -4.67. The van der Waals surface area contributed by atoms with E-state index in [0.29, 0.717) is 35.6 Å². The number of hydrogen-bond donors (Lipinski definition) is 2. The van der Waals surface area contributed by atoms with Crippen molar-refractivity contribution in [2.75, 3.05) is 75.3 Å². The number of hydrogen-bond acceptors (Lipinski definition) is 7. The number of aromatic hydroxyl groups is 1. The van der Waals surface area contributed by atoms with Crippen LogP contribution in [0.2, 0.25) is 0 Å². The molecule has 5 heterocycles. The van der Waals surface area contributed by atoms with Crippen LogP contribution in [0, 0.1) is 24.5 Å². The number of carbonyl (C=O) groups is 1. The maximum absolute atomic E-state index is 16.1. The number of fused-ring (bicyclic) bond motifs is 2. The van der Waals surface area contributed by atoms with Crippen LogP contribution in [0.3, 0.4) is 0 Å². The predicted octanol–water partition coefficient (Wildman–Crippen LogP) is 7.03. The molecule has 5 aliphatic rings. The van der Waals surface area contributed by atoms with Gasteiger partial charge in [-0.05, 0) is 110 Å². The minimum absolute atomic E-state index is 0.120. The molecule has 0 aliphatic carbocycles. The molecular weight excluding hydrogens is 697 g/mol. The van der Waals surface area contributed by atoms with Gasteiger partial charge in [-0.3, -0.25) is 9.69 Å². The lowest BCUT2D eigenvalue weighted by Crippen LogP contribution is -2.49. The molecule has 288 valence electrons. The van der Waals surface area contributed by atoms with E-state index in [1.54, 1.807) is 31.2 Å². The van der Waals surface area contributed by atoms with Crippen molar-refractivity contribution in [3.8, 4) is 11.5 Å². The number of ether oxygens (including phenoxy) is 1. The Labute approximate surface area is 322 Å². The highest BCUT2D eigenvalue weighted by Crippen LogP contribution is 2.48. The standard InChI is InChI=1S/C45H51F2N5O3/c1-29-21-31(4-10-40(29)46)39-28-55-43-24-36(53)7-9-38(43)44(39)32-5-11-42(41(47)23-32)51-15-12-30(13-16-51)26-49-17-19-50(20-18-49)34-6-8-37-33(22-34)27-52(45(37)54)35-3-2-14-48-25-35/h4-11,21-24,30,35,39,44,48,53H,2-3,12-20,25-28H2,1H3/t35-,39-,44-/m0/s1. The maximum Gasteiger partial charge on any atom is 0.254 e. The summed E-state index contributed by atoms with van der Waals surface area (Å²) in [4.78, 5) is 22.5. The van der Waals surface area contributed by atoms with Gasteiger partial charge in [0.25, 0.3) is 5.91 Å². The molecule has 0 unspecified atom stereocenters. The lowest BCUT2D eigenvalue weighted by Gasteiger charge is -2.40. The third-order valence-corrected chi connectivity index (χ3v) is 12.9. The number of piperidine rings is 2. The van der Waals surface area contributed by atoms with E-state index in [-0.39, 0.29) is 35.1 Å². The van der Waals surface area contributed by atoms with Gasteiger partial charge in [0.1, 0.15) is 23.1 Å². The zero-order valence-corrected chi connectivity index (χ0v) is 31.7. The number of rotatable bonds is 7. The number of phenolic OH excluding ortho intramolecular Hbond substituents is 1. The monoisotopic (exact) mass is 747 g/mol. The Balaban J connectivity index is 0.808. The molecule has 5 aliphatic heterocycles. The van der Waals surface area contributed by atoms with Gasteiger partial charge in [0.2, 0.25) is 0 Å². The van der Waals surface area contributed by atoms with Crippen molar-refractivity contribution >= 4 is 17.3 Å². The molecule has 0 aromatic heterocycles. The van der Waals surface area contributed by atoms with Crippen LogP contribution < -0.4 is 19.9 Å². The fourth-order valence-corrected chi connectivity index (χ4v) is 9.80. The van der Waals surface area contributed by atoms with Crippen molar-refractivity contribution in [3.63, 3.8) is 0 Å². The van der Waals surface area contributed by atoms with Crippen molar-refractivity contribution in [1.82, 2.24) is 15.1 Å². The molecular formula is C45H51F2N5O3. The molecule has 10 heteroatoms. The number of carbonyl (C=O) groups excluding carboxylic acids is 1. The molecule has 2 N–H and O–H groups in total. The van der Waals surface area contributed by atoms with Crippen LogP contribution in [0.4, 0.5) is 20.2 Å². The molecule has 0 radical (unpaired) electrons. The highest BCUT2D eigenvalue weighted by Gasteiger charge is 2.36. The minimum atomic E-state index is -0.255. The Kier molecular flexibility index (Phi) is 9.89. The molecule has 3 atom stereocenters. The third-order valence-electron chi connectivity index (χ3n) is 12.9. The van der Waals surface area contributed by atoms with Crippen LogP contribution in [0.1, 0.15) is 75.7 Å². The Morgan fingerprint density at radius 1 is 0.836 bits per heavy atom. The Bertz CT molecular complexity index is 2050. The molecule has 0 bridgehead atoms. The molecule has 3 saturated heterocycles. The van der Waals surface area contributed by atoms with Crippen LogP contribution in [0.5, 0.6) is 11.5 Å². The highest BCUT2D eigenvalue weighted by atomic mass is 19.1. The Morgan fingerprint density at radius 3 is 2.42 bits per heavy atom. The third kappa shape index (κ3) is 7.15. The van der Waals surface area contributed by atoms with E-state index in [1.165, 1.54) is 11.8 Å². The van der Waals surface area contributed by atoms with E-state index in [1.807, 2.05) is 30.3 Å². The van der Waals surface area contributed by atoms with Crippen LogP contribution >= 0.6 is 0 Å². The first-order valence-electron chi connectivity index (χ1n) is 20.2. The summed E-state index contributed by atoms with van der Waals surface area (Å²) in [6.45, 7) is 11.4. The summed E-state index contributed by atoms with van der Waals surface area (Å²) in [5, 5.41) is 13.6. The van der Waals surface area contributed by atoms with Crippen molar-refractivity contribution in [3.05, 3.63) is 118 Å². The topological polar surface area (TPSA) is 71.5 Å². The largest absolute Gasteiger partial charge is 0.508 e. The van der Waals surface area contributed by atoms with E-state index in [9.17, 15) is 14.3 Å². The number of phenols is 1.